The molecule has 1 unspecified atom stereocenters. The Bertz CT molecular complexity index is 497. The Kier molecular flexibility index (Phi) is 4.71. The van der Waals surface area contributed by atoms with Crippen LogP contribution in [0.3, 0.4) is 0 Å². The van der Waals surface area contributed by atoms with Crippen LogP contribution in [0, 0.1) is 0 Å². The second-order valence-corrected chi connectivity index (χ2v) is 5.65. The zero-order valence-electron chi connectivity index (χ0n) is 10.5. The summed E-state index contributed by atoms with van der Waals surface area (Å²) in [6, 6.07) is 5.36. The zero-order valence-corrected chi connectivity index (χ0v) is 12.1. The number of benzene rings is 1. The lowest BCUT2D eigenvalue weighted by atomic mass is 10.1. The van der Waals surface area contributed by atoms with Crippen molar-refractivity contribution in [1.29, 1.82) is 0 Å². The lowest BCUT2D eigenvalue weighted by molar-refractivity contribution is -0.122. The Balaban J connectivity index is 2.05. The van der Waals surface area contributed by atoms with Crippen molar-refractivity contribution in [2.75, 3.05) is 12.8 Å². The summed E-state index contributed by atoms with van der Waals surface area (Å²) in [5.41, 5.74) is 0.477. The molecule has 0 saturated carbocycles. The Morgan fingerprint density at radius 3 is 2.95 bits per heavy atom. The third-order valence-electron chi connectivity index (χ3n) is 3.02. The second kappa shape index (κ2) is 6.30. The van der Waals surface area contributed by atoms with E-state index in [2.05, 4.69) is 10.6 Å². The summed E-state index contributed by atoms with van der Waals surface area (Å²) >= 11 is 7.61. The van der Waals surface area contributed by atoms with Gasteiger partial charge in [-0.15, -0.1) is 11.8 Å². The van der Waals surface area contributed by atoms with Gasteiger partial charge in [-0.05, 0) is 30.9 Å². The van der Waals surface area contributed by atoms with Gasteiger partial charge in [0.05, 0.1) is 10.6 Å². The fourth-order valence-electron chi connectivity index (χ4n) is 1.92. The third kappa shape index (κ3) is 3.64. The van der Waals surface area contributed by atoms with Crippen LogP contribution in [-0.2, 0) is 4.79 Å². The van der Waals surface area contributed by atoms with E-state index in [1.165, 1.54) is 0 Å². The Labute approximate surface area is 121 Å². The van der Waals surface area contributed by atoms with Crippen molar-refractivity contribution in [3.8, 4) is 0 Å². The molecule has 1 aliphatic heterocycles. The molecule has 102 valence electrons. The van der Waals surface area contributed by atoms with Gasteiger partial charge in [-0.2, -0.15) is 0 Å². The van der Waals surface area contributed by atoms with E-state index in [4.69, 9.17) is 11.6 Å². The quantitative estimate of drug-likeness (QED) is 0.840. The average Bonchev–Trinajstić information content (AvgIpc) is 2.42. The van der Waals surface area contributed by atoms with Crippen molar-refractivity contribution in [1.82, 2.24) is 10.6 Å². The van der Waals surface area contributed by atoms with Crippen molar-refractivity contribution < 1.29 is 9.59 Å². The Hall–Kier alpha value is -1.20. The predicted molar refractivity (Wildman–Crippen MR) is 76.7 cm³/mol. The van der Waals surface area contributed by atoms with Gasteiger partial charge in [0.2, 0.25) is 5.91 Å². The molecule has 0 radical (unpaired) electrons. The molecule has 0 bridgehead atoms. The van der Waals surface area contributed by atoms with Gasteiger partial charge in [-0.1, -0.05) is 11.6 Å². The number of thioether (sulfide) groups is 1. The fourth-order valence-corrected chi connectivity index (χ4v) is 2.57. The number of hydrogen-bond acceptors (Lipinski definition) is 3. The fraction of sp³-hybridized carbons (Fsp3) is 0.385. The van der Waals surface area contributed by atoms with Crippen molar-refractivity contribution in [2.24, 2.45) is 0 Å². The summed E-state index contributed by atoms with van der Waals surface area (Å²) in [7, 11) is 0. The van der Waals surface area contributed by atoms with Crippen molar-refractivity contribution in [3.05, 3.63) is 28.8 Å². The van der Waals surface area contributed by atoms with E-state index in [1.807, 2.05) is 12.3 Å². The average molecular weight is 299 g/mol. The van der Waals surface area contributed by atoms with Gasteiger partial charge in [0.25, 0.3) is 5.91 Å². The van der Waals surface area contributed by atoms with Gasteiger partial charge in [0, 0.05) is 23.9 Å². The SMILES string of the molecule is CSc1ccc(Cl)c(C(=O)NC2CCC(=O)NC2)c1. The Morgan fingerprint density at radius 2 is 2.32 bits per heavy atom. The van der Waals surface area contributed by atoms with E-state index in [0.29, 0.717) is 30.0 Å². The molecule has 1 saturated heterocycles. The minimum atomic E-state index is -0.193. The van der Waals surface area contributed by atoms with Crippen LogP contribution < -0.4 is 10.6 Å². The highest BCUT2D eigenvalue weighted by molar-refractivity contribution is 7.98. The first kappa shape index (κ1) is 14.2. The van der Waals surface area contributed by atoms with Gasteiger partial charge in [-0.25, -0.2) is 0 Å². The maximum atomic E-state index is 12.2. The minimum Gasteiger partial charge on any atom is -0.354 e. The van der Waals surface area contributed by atoms with E-state index in [0.717, 1.165) is 4.90 Å². The number of hydrogen-bond donors (Lipinski definition) is 2. The highest BCUT2D eigenvalue weighted by Crippen LogP contribution is 2.23. The molecule has 6 heteroatoms. The lowest BCUT2D eigenvalue weighted by Crippen LogP contribution is -2.47. The number of halogens is 1. The summed E-state index contributed by atoms with van der Waals surface area (Å²) in [6.07, 6.45) is 3.06. The van der Waals surface area contributed by atoms with E-state index in [9.17, 15) is 9.59 Å². The van der Waals surface area contributed by atoms with Crippen LogP contribution in [0.5, 0.6) is 0 Å². The molecular formula is C13H15ClN2O2S. The molecule has 2 rings (SSSR count). The maximum Gasteiger partial charge on any atom is 0.253 e. The van der Waals surface area contributed by atoms with Gasteiger partial charge in [-0.3, -0.25) is 9.59 Å². The second-order valence-electron chi connectivity index (χ2n) is 4.36. The molecule has 1 atom stereocenters. The number of nitrogens with one attached hydrogen (secondary N) is 2. The maximum absolute atomic E-state index is 12.2. The number of amides is 2. The number of rotatable bonds is 3. The molecule has 4 nitrogen and oxygen atoms in total. The highest BCUT2D eigenvalue weighted by atomic mass is 35.5. The van der Waals surface area contributed by atoms with Crippen LogP contribution in [0.4, 0.5) is 0 Å². The van der Waals surface area contributed by atoms with E-state index in [-0.39, 0.29) is 17.9 Å². The topological polar surface area (TPSA) is 58.2 Å². The number of piperidine rings is 1. The smallest absolute Gasteiger partial charge is 0.253 e. The van der Waals surface area contributed by atoms with Crippen LogP contribution in [0.2, 0.25) is 5.02 Å². The molecule has 0 aliphatic carbocycles. The standard InChI is InChI=1S/C13H15ClN2O2S/c1-19-9-3-4-11(14)10(6-9)13(18)16-8-2-5-12(17)15-7-8/h3-4,6,8H,2,5,7H2,1H3,(H,15,17)(H,16,18). The molecule has 1 aliphatic rings. The summed E-state index contributed by atoms with van der Waals surface area (Å²) in [6.45, 7) is 0.477. The van der Waals surface area contributed by atoms with Crippen LogP contribution in [0.25, 0.3) is 0 Å². The summed E-state index contributed by atoms with van der Waals surface area (Å²) in [5.74, 6) is -0.157. The summed E-state index contributed by atoms with van der Waals surface area (Å²) < 4.78 is 0. The molecule has 1 aromatic rings. The molecule has 1 heterocycles. The van der Waals surface area contributed by atoms with E-state index in [1.54, 1.807) is 23.9 Å². The van der Waals surface area contributed by atoms with Crippen molar-refractivity contribution in [2.45, 2.75) is 23.8 Å². The normalized spacial score (nSPS) is 18.8. The molecule has 0 aromatic heterocycles. The summed E-state index contributed by atoms with van der Waals surface area (Å²) in [5, 5.41) is 6.08. The predicted octanol–water partition coefficient (Wildman–Crippen LogP) is 2.07. The molecule has 1 aromatic carbocycles. The molecular weight excluding hydrogens is 284 g/mol. The van der Waals surface area contributed by atoms with Gasteiger partial charge in [0.15, 0.2) is 0 Å². The first-order valence-corrected chi connectivity index (χ1v) is 7.61. The zero-order chi connectivity index (χ0) is 13.8. The first-order valence-electron chi connectivity index (χ1n) is 6.01. The lowest BCUT2D eigenvalue weighted by Gasteiger charge is -2.23. The summed E-state index contributed by atoms with van der Waals surface area (Å²) in [4.78, 5) is 24.2. The van der Waals surface area contributed by atoms with Crippen LogP contribution in [0.1, 0.15) is 23.2 Å². The number of carbonyl (C=O) groups excluding carboxylic acids is 2. The van der Waals surface area contributed by atoms with Crippen molar-refractivity contribution >= 4 is 35.2 Å². The third-order valence-corrected chi connectivity index (χ3v) is 4.07. The van der Waals surface area contributed by atoms with Crippen molar-refractivity contribution in [3.63, 3.8) is 0 Å². The minimum absolute atomic E-state index is 0.0285. The highest BCUT2D eigenvalue weighted by Gasteiger charge is 2.21. The number of carbonyl (C=O) groups is 2. The molecule has 19 heavy (non-hydrogen) atoms. The van der Waals surface area contributed by atoms with Crippen LogP contribution in [0.15, 0.2) is 23.1 Å². The van der Waals surface area contributed by atoms with Gasteiger partial charge < -0.3 is 10.6 Å². The Morgan fingerprint density at radius 1 is 1.53 bits per heavy atom. The first-order chi connectivity index (χ1) is 9.10. The van der Waals surface area contributed by atoms with Gasteiger partial charge >= 0.3 is 0 Å². The molecule has 2 N–H and O–H groups in total. The molecule has 0 spiro atoms. The molecule has 2 amide bonds. The monoisotopic (exact) mass is 298 g/mol. The molecule has 1 fully saturated rings. The van der Waals surface area contributed by atoms with E-state index < -0.39 is 0 Å². The van der Waals surface area contributed by atoms with Crippen LogP contribution >= 0.6 is 23.4 Å². The van der Waals surface area contributed by atoms with E-state index >= 15 is 0 Å². The van der Waals surface area contributed by atoms with Gasteiger partial charge in [0.1, 0.15) is 0 Å². The van der Waals surface area contributed by atoms with Crippen LogP contribution in [-0.4, -0.2) is 30.7 Å². The largest absolute Gasteiger partial charge is 0.354 e.